The number of nitrogens with zero attached hydrogens (tertiary/aromatic N) is 3. The summed E-state index contributed by atoms with van der Waals surface area (Å²) in [6.45, 7) is 14.6. The molecule has 1 aliphatic rings. The molecule has 1 aromatic carbocycles. The van der Waals surface area contributed by atoms with Crippen molar-refractivity contribution in [3.63, 3.8) is 0 Å². The van der Waals surface area contributed by atoms with E-state index in [1.54, 1.807) is 17.2 Å². The van der Waals surface area contributed by atoms with Crippen molar-refractivity contribution >= 4 is 14.2 Å². The van der Waals surface area contributed by atoms with Crippen molar-refractivity contribution in [2.75, 3.05) is 19.7 Å². The van der Waals surface area contributed by atoms with Crippen molar-refractivity contribution in [2.24, 2.45) is 5.92 Å². The molecule has 0 spiro atoms. The van der Waals surface area contributed by atoms with Crippen LogP contribution in [0.2, 0.25) is 25.7 Å². The number of halogens is 3. The number of piperidine rings is 1. The molecule has 0 radical (unpaired) electrons. The summed E-state index contributed by atoms with van der Waals surface area (Å²) in [6, 6.07) is 6.30. The van der Waals surface area contributed by atoms with Gasteiger partial charge < -0.3 is 18.9 Å². The Labute approximate surface area is 219 Å². The number of ether oxygens (including phenoxy) is 2. The normalized spacial score (nSPS) is 15.8. The Morgan fingerprint density at radius 2 is 1.81 bits per heavy atom. The third kappa shape index (κ3) is 9.17. The van der Waals surface area contributed by atoms with Crippen molar-refractivity contribution < 1.29 is 27.4 Å². The lowest BCUT2D eigenvalue weighted by atomic mass is 9.93. The topological polar surface area (TPSA) is 56.6 Å². The molecule has 37 heavy (non-hydrogen) atoms. The van der Waals surface area contributed by atoms with Crippen LogP contribution in [0.1, 0.15) is 45.0 Å². The van der Waals surface area contributed by atoms with Crippen LogP contribution in [0, 0.1) is 5.92 Å². The van der Waals surface area contributed by atoms with Gasteiger partial charge in [-0.25, -0.2) is 9.78 Å². The van der Waals surface area contributed by atoms with Gasteiger partial charge in [0.1, 0.15) is 18.2 Å². The van der Waals surface area contributed by atoms with Gasteiger partial charge in [0.15, 0.2) is 0 Å². The van der Waals surface area contributed by atoms with E-state index in [1.165, 1.54) is 6.07 Å². The molecular formula is C27H40F3N3O3Si. The Bertz CT molecular complexity index is 1050. The van der Waals surface area contributed by atoms with Crippen LogP contribution in [0.25, 0.3) is 11.3 Å². The van der Waals surface area contributed by atoms with Gasteiger partial charge in [-0.3, -0.25) is 0 Å². The summed E-state index contributed by atoms with van der Waals surface area (Å²) >= 11 is 0. The highest BCUT2D eigenvalue weighted by Crippen LogP contribution is 2.32. The minimum absolute atomic E-state index is 0.296. The summed E-state index contributed by atoms with van der Waals surface area (Å²) in [5.74, 6) is 1.09. The van der Waals surface area contributed by atoms with Crippen molar-refractivity contribution in [1.82, 2.24) is 14.5 Å². The van der Waals surface area contributed by atoms with Crippen molar-refractivity contribution in [3.8, 4) is 11.3 Å². The summed E-state index contributed by atoms with van der Waals surface area (Å²) in [5, 5.41) is 0. The molecule has 2 heterocycles. The zero-order valence-electron chi connectivity index (χ0n) is 22.8. The largest absolute Gasteiger partial charge is 0.444 e. The number of hydrogen-bond acceptors (Lipinski definition) is 4. The van der Waals surface area contributed by atoms with Gasteiger partial charge in [-0.05, 0) is 57.7 Å². The standard InChI is InChI=1S/C27H40F3N3O3Si/c1-26(2,3)36-25(34)32-12-10-20(11-13-32)16-24-31-23(18-33(24)19-35-14-15-37(4,5)6)21-8-7-9-22(17-21)27(28,29)30/h7-9,17-18,20H,10-16,19H2,1-6H3. The first-order valence-corrected chi connectivity index (χ1v) is 16.6. The molecule has 0 atom stereocenters. The van der Waals surface area contributed by atoms with Gasteiger partial charge in [-0.2, -0.15) is 13.2 Å². The number of alkyl halides is 3. The molecule has 0 unspecified atom stereocenters. The molecule has 10 heteroatoms. The number of hydrogen-bond donors (Lipinski definition) is 0. The maximum atomic E-state index is 13.3. The number of carbonyl (C=O) groups is 1. The van der Waals surface area contributed by atoms with Crippen LogP contribution in [0.3, 0.4) is 0 Å². The molecule has 0 saturated carbocycles. The Hall–Kier alpha value is -2.33. The Balaban J connectivity index is 1.73. The fourth-order valence-corrected chi connectivity index (χ4v) is 4.93. The van der Waals surface area contributed by atoms with Gasteiger partial charge in [0.25, 0.3) is 0 Å². The molecule has 0 aliphatic carbocycles. The average molecular weight is 540 g/mol. The van der Waals surface area contributed by atoms with Crippen LogP contribution < -0.4 is 0 Å². The van der Waals surface area contributed by atoms with Crippen LogP contribution in [-0.4, -0.2) is 53.9 Å². The van der Waals surface area contributed by atoms with E-state index in [0.29, 0.717) is 50.0 Å². The SMILES string of the molecule is CC(C)(C)OC(=O)N1CCC(Cc2nc(-c3cccc(C(F)(F)F)c3)cn2COCC[Si](C)(C)C)CC1. The summed E-state index contributed by atoms with van der Waals surface area (Å²) in [4.78, 5) is 18.9. The molecule has 2 aromatic rings. The Kier molecular flexibility index (Phi) is 9.16. The second-order valence-electron chi connectivity index (χ2n) is 12.1. The number of amides is 1. The average Bonchev–Trinajstić information content (AvgIpc) is 3.17. The monoisotopic (exact) mass is 539 g/mol. The molecule has 1 aromatic heterocycles. The molecule has 0 N–H and O–H groups in total. The second-order valence-corrected chi connectivity index (χ2v) is 17.7. The highest BCUT2D eigenvalue weighted by atomic mass is 28.3. The van der Waals surface area contributed by atoms with E-state index in [4.69, 9.17) is 14.5 Å². The lowest BCUT2D eigenvalue weighted by Gasteiger charge is -2.33. The molecule has 0 bridgehead atoms. The molecular weight excluding hydrogens is 499 g/mol. The van der Waals surface area contributed by atoms with E-state index < -0.39 is 25.4 Å². The lowest BCUT2D eigenvalue weighted by Crippen LogP contribution is -2.42. The number of likely N-dealkylation sites (tertiary alicyclic amines) is 1. The predicted molar refractivity (Wildman–Crippen MR) is 141 cm³/mol. The van der Waals surface area contributed by atoms with Crippen molar-refractivity contribution in [3.05, 3.63) is 41.9 Å². The van der Waals surface area contributed by atoms with Crippen LogP contribution >= 0.6 is 0 Å². The smallest absolute Gasteiger partial charge is 0.416 e. The molecule has 206 valence electrons. The van der Waals surface area contributed by atoms with E-state index in [1.807, 2.05) is 25.3 Å². The molecule has 6 nitrogen and oxygen atoms in total. The van der Waals surface area contributed by atoms with E-state index in [2.05, 4.69) is 19.6 Å². The zero-order valence-corrected chi connectivity index (χ0v) is 23.8. The zero-order chi connectivity index (χ0) is 27.4. The first kappa shape index (κ1) is 29.2. The van der Waals surface area contributed by atoms with Gasteiger partial charge in [0, 0.05) is 46.0 Å². The van der Waals surface area contributed by atoms with E-state index in [-0.39, 0.29) is 6.09 Å². The summed E-state index contributed by atoms with van der Waals surface area (Å²) in [7, 11) is -1.25. The van der Waals surface area contributed by atoms with E-state index in [9.17, 15) is 18.0 Å². The van der Waals surface area contributed by atoms with Gasteiger partial charge >= 0.3 is 12.3 Å². The fourth-order valence-electron chi connectivity index (χ4n) is 4.17. The highest BCUT2D eigenvalue weighted by Gasteiger charge is 2.31. The van der Waals surface area contributed by atoms with Gasteiger partial charge in [0.2, 0.25) is 0 Å². The Morgan fingerprint density at radius 1 is 1.14 bits per heavy atom. The highest BCUT2D eigenvalue weighted by molar-refractivity contribution is 6.76. The minimum atomic E-state index is -4.41. The lowest BCUT2D eigenvalue weighted by molar-refractivity contribution is -0.137. The van der Waals surface area contributed by atoms with Crippen LogP contribution in [-0.2, 0) is 28.8 Å². The number of carbonyl (C=O) groups excluding carboxylic acids is 1. The van der Waals surface area contributed by atoms with Crippen molar-refractivity contribution in [1.29, 1.82) is 0 Å². The molecule has 1 fully saturated rings. The Morgan fingerprint density at radius 3 is 2.41 bits per heavy atom. The molecule has 1 saturated heterocycles. The minimum Gasteiger partial charge on any atom is -0.444 e. The molecule has 1 aliphatic heterocycles. The van der Waals surface area contributed by atoms with E-state index in [0.717, 1.165) is 36.8 Å². The van der Waals surface area contributed by atoms with Crippen LogP contribution in [0.4, 0.5) is 18.0 Å². The number of rotatable bonds is 8. The fraction of sp³-hybridized carbons (Fsp3) is 0.630. The van der Waals surface area contributed by atoms with Crippen LogP contribution in [0.5, 0.6) is 0 Å². The van der Waals surface area contributed by atoms with Gasteiger partial charge in [-0.15, -0.1) is 0 Å². The van der Waals surface area contributed by atoms with E-state index >= 15 is 0 Å². The number of aromatic nitrogens is 2. The summed E-state index contributed by atoms with van der Waals surface area (Å²) in [5.41, 5.74) is -0.298. The van der Waals surface area contributed by atoms with Gasteiger partial charge in [0.05, 0.1) is 11.3 Å². The van der Waals surface area contributed by atoms with Crippen LogP contribution in [0.15, 0.2) is 30.5 Å². The predicted octanol–water partition coefficient (Wildman–Crippen LogP) is 7.07. The number of benzene rings is 1. The maximum absolute atomic E-state index is 13.3. The third-order valence-electron chi connectivity index (χ3n) is 6.31. The summed E-state index contributed by atoms with van der Waals surface area (Å²) < 4.78 is 53.2. The third-order valence-corrected chi connectivity index (χ3v) is 8.01. The first-order chi connectivity index (χ1) is 17.1. The quantitative estimate of drug-likeness (QED) is 0.266. The first-order valence-electron chi connectivity index (χ1n) is 12.9. The van der Waals surface area contributed by atoms with Crippen molar-refractivity contribution in [2.45, 2.75) is 84.2 Å². The maximum Gasteiger partial charge on any atom is 0.416 e. The van der Waals surface area contributed by atoms with Gasteiger partial charge in [-0.1, -0.05) is 31.8 Å². The summed E-state index contributed by atoms with van der Waals surface area (Å²) in [6.07, 6.45) is -0.643. The molecule has 3 rings (SSSR count). The molecule has 1 amide bonds. The second kappa shape index (κ2) is 11.6. The number of imidazole rings is 1.